The van der Waals surface area contributed by atoms with E-state index in [0.29, 0.717) is 6.61 Å². The predicted molar refractivity (Wildman–Crippen MR) is 136 cm³/mol. The molecule has 166 valence electrons. The molecule has 0 unspecified atom stereocenters. The van der Waals surface area contributed by atoms with Crippen molar-refractivity contribution >= 4 is 23.3 Å². The molecule has 1 saturated heterocycles. The van der Waals surface area contributed by atoms with Crippen molar-refractivity contribution in [1.29, 1.82) is 0 Å². The predicted octanol–water partition coefficient (Wildman–Crippen LogP) is 6.83. The van der Waals surface area contributed by atoms with Crippen LogP contribution in [0.1, 0.15) is 30.5 Å². The Bertz CT molecular complexity index is 1160. The molecule has 3 aromatic carbocycles. The van der Waals surface area contributed by atoms with Crippen molar-refractivity contribution in [2.45, 2.75) is 32.4 Å². The van der Waals surface area contributed by atoms with Crippen molar-refractivity contribution in [3.05, 3.63) is 90.1 Å². The van der Waals surface area contributed by atoms with Gasteiger partial charge in [-0.05, 0) is 60.8 Å². The number of hydrogen-bond donors (Lipinski definition) is 0. The zero-order chi connectivity index (χ0) is 21.0. The van der Waals surface area contributed by atoms with Gasteiger partial charge in [0.05, 0.1) is 5.69 Å². The van der Waals surface area contributed by atoms with Crippen LogP contribution in [-0.2, 0) is 20.2 Å². The highest BCUT2D eigenvalue weighted by Gasteiger charge is 2.19. The standard InChI is InChI=1S/C28H30N2O.ClH/c1-29-27-16-7-6-15-25(27)26(20-30-17-8-3-9-18-30)28(29)21-31-24-14-10-13-23(19-24)22-11-4-2-5-12-22;/h2,4-7,10-16,19H,3,8-9,17-18,20-21H2,1H3;1H. The normalized spacial score (nSPS) is 14.3. The van der Waals surface area contributed by atoms with Crippen LogP contribution >= 0.6 is 12.4 Å². The number of nitrogens with zero attached hydrogens (tertiary/aromatic N) is 2. The van der Waals surface area contributed by atoms with E-state index < -0.39 is 0 Å². The van der Waals surface area contributed by atoms with Gasteiger partial charge in [-0.25, -0.2) is 0 Å². The molecule has 0 aliphatic carbocycles. The number of halogens is 1. The zero-order valence-electron chi connectivity index (χ0n) is 18.7. The molecule has 1 aliphatic rings. The molecule has 0 saturated carbocycles. The Morgan fingerprint density at radius 1 is 0.781 bits per heavy atom. The van der Waals surface area contributed by atoms with Crippen LogP contribution in [-0.4, -0.2) is 22.6 Å². The molecular weight excluding hydrogens is 416 g/mol. The molecule has 1 aliphatic heterocycles. The molecular formula is C28H31ClN2O. The summed E-state index contributed by atoms with van der Waals surface area (Å²) in [7, 11) is 2.17. The number of piperidine rings is 1. The van der Waals surface area contributed by atoms with Crippen molar-refractivity contribution in [3.63, 3.8) is 0 Å². The van der Waals surface area contributed by atoms with Crippen molar-refractivity contribution in [2.24, 2.45) is 7.05 Å². The Balaban J connectivity index is 0.00000245. The van der Waals surface area contributed by atoms with Gasteiger partial charge >= 0.3 is 0 Å². The van der Waals surface area contributed by atoms with Crippen molar-refractivity contribution in [2.75, 3.05) is 13.1 Å². The fourth-order valence-corrected chi connectivity index (χ4v) is 4.77. The van der Waals surface area contributed by atoms with Gasteiger partial charge in [0.1, 0.15) is 12.4 Å². The van der Waals surface area contributed by atoms with Gasteiger partial charge in [0.15, 0.2) is 0 Å². The van der Waals surface area contributed by atoms with E-state index in [1.54, 1.807) is 0 Å². The zero-order valence-corrected chi connectivity index (χ0v) is 19.5. The minimum absolute atomic E-state index is 0. The third kappa shape index (κ3) is 4.69. The van der Waals surface area contributed by atoms with Crippen LogP contribution in [0.3, 0.4) is 0 Å². The van der Waals surface area contributed by atoms with Gasteiger partial charge in [-0.2, -0.15) is 0 Å². The fourth-order valence-electron chi connectivity index (χ4n) is 4.77. The van der Waals surface area contributed by atoms with E-state index in [4.69, 9.17) is 4.74 Å². The molecule has 2 heterocycles. The monoisotopic (exact) mass is 446 g/mol. The SMILES string of the molecule is Cl.Cn1c(COc2cccc(-c3ccccc3)c2)c(CN2CCCCC2)c2ccccc21. The summed E-state index contributed by atoms with van der Waals surface area (Å²) in [4.78, 5) is 2.60. The number of aryl methyl sites for hydroxylation is 1. The molecule has 32 heavy (non-hydrogen) atoms. The summed E-state index contributed by atoms with van der Waals surface area (Å²) in [6.45, 7) is 3.97. The molecule has 5 rings (SSSR count). The lowest BCUT2D eigenvalue weighted by Crippen LogP contribution is -2.29. The minimum Gasteiger partial charge on any atom is -0.487 e. The highest BCUT2D eigenvalue weighted by atomic mass is 35.5. The van der Waals surface area contributed by atoms with E-state index in [1.807, 2.05) is 6.07 Å². The maximum Gasteiger partial charge on any atom is 0.129 e. The van der Waals surface area contributed by atoms with E-state index in [0.717, 1.165) is 12.3 Å². The number of aromatic nitrogens is 1. The lowest BCUT2D eigenvalue weighted by atomic mass is 10.1. The molecule has 1 fully saturated rings. The first-order chi connectivity index (χ1) is 15.3. The number of benzene rings is 3. The third-order valence-electron chi connectivity index (χ3n) is 6.49. The maximum atomic E-state index is 6.36. The highest BCUT2D eigenvalue weighted by Crippen LogP contribution is 2.30. The van der Waals surface area contributed by atoms with Crippen LogP contribution in [0.5, 0.6) is 5.75 Å². The average Bonchev–Trinajstić information content (AvgIpc) is 3.10. The van der Waals surface area contributed by atoms with Gasteiger partial charge in [-0.15, -0.1) is 12.4 Å². The van der Waals surface area contributed by atoms with E-state index in [9.17, 15) is 0 Å². The first-order valence-electron chi connectivity index (χ1n) is 11.4. The van der Waals surface area contributed by atoms with Gasteiger partial charge in [0, 0.05) is 24.5 Å². The van der Waals surface area contributed by atoms with Crippen molar-refractivity contribution in [3.8, 4) is 16.9 Å². The second kappa shape index (κ2) is 10.2. The largest absolute Gasteiger partial charge is 0.487 e. The Hall–Kier alpha value is -2.75. The molecule has 4 heteroatoms. The van der Waals surface area contributed by atoms with E-state index >= 15 is 0 Å². The topological polar surface area (TPSA) is 17.4 Å². The number of rotatable bonds is 6. The number of para-hydroxylation sites is 1. The molecule has 4 aromatic rings. The second-order valence-electron chi connectivity index (χ2n) is 8.52. The summed E-state index contributed by atoms with van der Waals surface area (Å²) >= 11 is 0. The molecule has 0 atom stereocenters. The van der Waals surface area contributed by atoms with Gasteiger partial charge < -0.3 is 9.30 Å². The smallest absolute Gasteiger partial charge is 0.129 e. The molecule has 0 bridgehead atoms. The van der Waals surface area contributed by atoms with Crippen LogP contribution in [0.15, 0.2) is 78.9 Å². The molecule has 3 nitrogen and oxygen atoms in total. The van der Waals surface area contributed by atoms with Crippen LogP contribution in [0.25, 0.3) is 22.0 Å². The third-order valence-corrected chi connectivity index (χ3v) is 6.49. The molecule has 0 N–H and O–H groups in total. The number of fused-ring (bicyclic) bond motifs is 1. The van der Waals surface area contributed by atoms with Crippen molar-refractivity contribution < 1.29 is 4.74 Å². The Kier molecular flexibility index (Phi) is 7.19. The lowest BCUT2D eigenvalue weighted by Gasteiger charge is -2.26. The molecule has 0 amide bonds. The van der Waals surface area contributed by atoms with Gasteiger partial charge in [-0.3, -0.25) is 4.90 Å². The Labute approximate surface area is 197 Å². The maximum absolute atomic E-state index is 6.36. The first kappa shape index (κ1) is 22.4. The highest BCUT2D eigenvalue weighted by molar-refractivity contribution is 5.86. The number of likely N-dealkylation sites (tertiary alicyclic amines) is 1. The first-order valence-corrected chi connectivity index (χ1v) is 11.4. The number of ether oxygens (including phenoxy) is 1. The van der Waals surface area contributed by atoms with Gasteiger partial charge in [0.25, 0.3) is 0 Å². The van der Waals surface area contributed by atoms with Crippen LogP contribution in [0, 0.1) is 0 Å². The quantitative estimate of drug-likeness (QED) is 0.323. The van der Waals surface area contributed by atoms with Gasteiger partial charge in [-0.1, -0.05) is 67.1 Å². The summed E-state index contributed by atoms with van der Waals surface area (Å²) in [6.07, 6.45) is 3.98. The minimum atomic E-state index is 0. The van der Waals surface area contributed by atoms with Crippen molar-refractivity contribution in [1.82, 2.24) is 9.47 Å². The summed E-state index contributed by atoms with van der Waals surface area (Å²) in [5.74, 6) is 0.913. The molecule has 1 aromatic heterocycles. The van der Waals surface area contributed by atoms with E-state index in [2.05, 4.69) is 89.3 Å². The van der Waals surface area contributed by atoms with Crippen LogP contribution in [0.4, 0.5) is 0 Å². The molecule has 0 spiro atoms. The summed E-state index contributed by atoms with van der Waals surface area (Å²) in [5.41, 5.74) is 6.37. The number of hydrogen-bond acceptors (Lipinski definition) is 2. The van der Waals surface area contributed by atoms with Gasteiger partial charge in [0.2, 0.25) is 0 Å². The second-order valence-corrected chi connectivity index (χ2v) is 8.52. The fraction of sp³-hybridized carbons (Fsp3) is 0.286. The Morgan fingerprint density at radius 3 is 2.31 bits per heavy atom. The summed E-state index contributed by atoms with van der Waals surface area (Å²) in [5, 5.41) is 1.35. The summed E-state index contributed by atoms with van der Waals surface area (Å²) < 4.78 is 8.67. The molecule has 0 radical (unpaired) electrons. The van der Waals surface area contributed by atoms with Crippen LogP contribution in [0.2, 0.25) is 0 Å². The summed E-state index contributed by atoms with van der Waals surface area (Å²) in [6, 6.07) is 27.6. The Morgan fingerprint density at radius 2 is 1.50 bits per heavy atom. The van der Waals surface area contributed by atoms with Crippen LogP contribution < -0.4 is 4.74 Å². The van der Waals surface area contributed by atoms with E-state index in [-0.39, 0.29) is 12.4 Å². The van der Waals surface area contributed by atoms with E-state index in [1.165, 1.54) is 65.6 Å². The average molecular weight is 447 g/mol. The lowest BCUT2D eigenvalue weighted by molar-refractivity contribution is 0.218.